The summed E-state index contributed by atoms with van der Waals surface area (Å²) in [6.45, 7) is 0. The second-order valence-corrected chi connectivity index (χ2v) is 2.65. The van der Waals surface area contributed by atoms with Gasteiger partial charge in [0.15, 0.2) is 0 Å². The minimum atomic E-state index is 0.727. The van der Waals surface area contributed by atoms with Crippen LogP contribution in [0.4, 0.5) is 0 Å². The smallest absolute Gasteiger partial charge is 0.322 e. The number of hydrogen-bond donors (Lipinski definition) is 2. The van der Waals surface area contributed by atoms with Crippen molar-refractivity contribution in [3.63, 3.8) is 0 Å². The number of allylic oxidation sites excluding steroid dienone is 2. The summed E-state index contributed by atoms with van der Waals surface area (Å²) >= 11 is 0. The molecule has 3 nitrogen and oxygen atoms in total. The molecule has 0 unspecified atom stereocenters. The fourth-order valence-corrected chi connectivity index (χ4v) is 1.18. The molecule has 1 radical (unpaired) electrons. The van der Waals surface area contributed by atoms with Crippen LogP contribution < -0.4 is 10.7 Å². The van der Waals surface area contributed by atoms with Crippen LogP contribution in [0, 0.1) is 0 Å². The van der Waals surface area contributed by atoms with Crippen LogP contribution in [0.15, 0.2) is 17.9 Å². The van der Waals surface area contributed by atoms with E-state index >= 15 is 0 Å². The summed E-state index contributed by atoms with van der Waals surface area (Å²) in [6, 6.07) is 0. The zero-order chi connectivity index (χ0) is 8.39. The summed E-state index contributed by atoms with van der Waals surface area (Å²) < 4.78 is 0. The molecular formula is C8H8BN2O. The molecule has 1 aromatic heterocycles. The number of hydrogen-bond acceptors (Lipinski definition) is 2. The largest absolute Gasteiger partial charge is 0.450 e. The lowest BCUT2D eigenvalue weighted by atomic mass is 9.85. The molecule has 0 spiro atoms. The molecule has 0 amide bonds. The van der Waals surface area contributed by atoms with Gasteiger partial charge in [0.05, 0.1) is 17.0 Å². The second kappa shape index (κ2) is 2.99. The number of nitrogens with zero attached hydrogens (tertiary/aromatic N) is 1. The summed E-state index contributed by atoms with van der Waals surface area (Å²) in [5.74, 6) is 0. The molecule has 0 bridgehead atoms. The van der Waals surface area contributed by atoms with Crippen LogP contribution in [-0.4, -0.2) is 22.5 Å². The number of H-pyrrole nitrogens is 1. The number of fused-ring (bicyclic) bond motifs is 1. The number of imidazole rings is 1. The first-order valence-corrected chi connectivity index (χ1v) is 3.78. The van der Waals surface area contributed by atoms with Crippen molar-refractivity contribution in [3.8, 4) is 0 Å². The Balaban J connectivity index is 2.54. The van der Waals surface area contributed by atoms with Crippen molar-refractivity contribution >= 4 is 19.6 Å². The molecule has 1 aromatic rings. The zero-order valence-electron chi connectivity index (χ0n) is 6.49. The summed E-state index contributed by atoms with van der Waals surface area (Å²) in [5.41, 5.74) is 0.890. The number of nitrogens with one attached hydrogen (secondary N) is 1. The first-order chi connectivity index (χ1) is 5.90. The van der Waals surface area contributed by atoms with Gasteiger partial charge in [0.2, 0.25) is 0 Å². The van der Waals surface area contributed by atoms with E-state index < -0.39 is 0 Å². The Bertz CT molecular complexity index is 419. The Morgan fingerprint density at radius 2 is 2.42 bits per heavy atom. The van der Waals surface area contributed by atoms with E-state index in [1.54, 1.807) is 6.33 Å². The molecule has 2 rings (SSSR count). The first kappa shape index (κ1) is 7.37. The molecule has 1 aliphatic rings. The number of aromatic amines is 1. The van der Waals surface area contributed by atoms with Crippen LogP contribution in [0.3, 0.4) is 0 Å². The van der Waals surface area contributed by atoms with Gasteiger partial charge in [-0.3, -0.25) is 0 Å². The topological polar surface area (TPSA) is 48.9 Å². The molecule has 0 aliphatic heterocycles. The van der Waals surface area contributed by atoms with Crippen LogP contribution in [0.2, 0.25) is 0 Å². The molecule has 0 atom stereocenters. The van der Waals surface area contributed by atoms with E-state index in [0.717, 1.165) is 30.1 Å². The van der Waals surface area contributed by atoms with E-state index in [1.165, 1.54) is 0 Å². The Kier molecular flexibility index (Phi) is 1.83. The van der Waals surface area contributed by atoms with Gasteiger partial charge in [-0.25, -0.2) is 4.98 Å². The Morgan fingerprint density at radius 3 is 3.25 bits per heavy atom. The maximum atomic E-state index is 8.77. The number of rotatable bonds is 1. The normalized spacial score (nSPS) is 14.9. The highest BCUT2D eigenvalue weighted by Crippen LogP contribution is 2.00. The van der Waals surface area contributed by atoms with Crippen LogP contribution in [-0.2, 0) is 0 Å². The third-order valence-electron chi connectivity index (χ3n) is 1.86. The zero-order valence-corrected chi connectivity index (χ0v) is 6.49. The van der Waals surface area contributed by atoms with Gasteiger partial charge in [-0.2, -0.15) is 0 Å². The van der Waals surface area contributed by atoms with Gasteiger partial charge in [-0.15, -0.1) is 0 Å². The van der Waals surface area contributed by atoms with Crippen molar-refractivity contribution in [3.05, 3.63) is 28.6 Å². The van der Waals surface area contributed by atoms with Gasteiger partial charge < -0.3 is 10.0 Å². The van der Waals surface area contributed by atoms with Crippen molar-refractivity contribution in [1.82, 2.24) is 9.97 Å². The average Bonchev–Trinajstić information content (AvgIpc) is 2.46. The highest BCUT2D eigenvalue weighted by atomic mass is 16.2. The van der Waals surface area contributed by atoms with E-state index in [-0.39, 0.29) is 0 Å². The lowest BCUT2D eigenvalue weighted by molar-refractivity contribution is 0.610. The summed E-state index contributed by atoms with van der Waals surface area (Å²) in [7, 11) is 1.12. The van der Waals surface area contributed by atoms with Crippen molar-refractivity contribution < 1.29 is 5.02 Å². The van der Waals surface area contributed by atoms with Crippen molar-refractivity contribution in [2.75, 3.05) is 0 Å². The van der Waals surface area contributed by atoms with E-state index in [0.29, 0.717) is 0 Å². The third kappa shape index (κ3) is 1.21. The summed E-state index contributed by atoms with van der Waals surface area (Å²) in [5, 5.41) is 10.7. The van der Waals surface area contributed by atoms with Gasteiger partial charge in [0.1, 0.15) is 0 Å². The predicted molar refractivity (Wildman–Crippen MR) is 47.4 cm³/mol. The molecular weight excluding hydrogens is 151 g/mol. The molecule has 12 heavy (non-hydrogen) atoms. The van der Waals surface area contributed by atoms with Gasteiger partial charge in [0.25, 0.3) is 0 Å². The lowest BCUT2D eigenvalue weighted by Crippen LogP contribution is -2.23. The third-order valence-corrected chi connectivity index (χ3v) is 1.86. The fourth-order valence-electron chi connectivity index (χ4n) is 1.18. The quantitative estimate of drug-likeness (QED) is 0.509. The van der Waals surface area contributed by atoms with Crippen molar-refractivity contribution in [2.45, 2.75) is 6.42 Å². The average molecular weight is 159 g/mol. The van der Waals surface area contributed by atoms with Crippen LogP contribution in [0.25, 0.3) is 12.2 Å². The minimum absolute atomic E-state index is 0.727. The molecule has 1 heterocycles. The van der Waals surface area contributed by atoms with Gasteiger partial charge in [-0.1, -0.05) is 17.6 Å². The van der Waals surface area contributed by atoms with Gasteiger partial charge in [-0.05, 0) is 12.5 Å². The highest BCUT2D eigenvalue weighted by molar-refractivity contribution is 6.36. The SMILES string of the molecule is O[B]C1=CC=c2[nH]cnc2=CC1. The molecule has 0 saturated heterocycles. The fraction of sp³-hybridized carbons (Fsp3) is 0.125. The van der Waals surface area contributed by atoms with E-state index in [9.17, 15) is 0 Å². The molecule has 2 N–H and O–H groups in total. The predicted octanol–water partition coefficient (Wildman–Crippen LogP) is -1.13. The second-order valence-electron chi connectivity index (χ2n) is 2.65. The Labute approximate surface area is 70.4 Å². The molecule has 1 aliphatic carbocycles. The molecule has 0 saturated carbocycles. The van der Waals surface area contributed by atoms with Crippen LogP contribution in [0.5, 0.6) is 0 Å². The molecule has 0 fully saturated rings. The molecule has 59 valence electrons. The Morgan fingerprint density at radius 1 is 1.50 bits per heavy atom. The first-order valence-electron chi connectivity index (χ1n) is 3.78. The standard InChI is InChI=1S/C8H8BN2O/c12-9-6-1-3-7-8(4-2-6)11-5-10-7/h1,3-5,12H,2H2,(H,10,11). The lowest BCUT2D eigenvalue weighted by Gasteiger charge is -1.91. The number of aromatic nitrogens is 2. The highest BCUT2D eigenvalue weighted by Gasteiger charge is 1.98. The van der Waals surface area contributed by atoms with Crippen LogP contribution in [0.1, 0.15) is 6.42 Å². The Hall–Kier alpha value is -1.29. The summed E-state index contributed by atoms with van der Waals surface area (Å²) in [6.07, 6.45) is 8.16. The van der Waals surface area contributed by atoms with E-state index in [1.807, 2.05) is 18.2 Å². The van der Waals surface area contributed by atoms with Crippen molar-refractivity contribution in [1.29, 1.82) is 0 Å². The van der Waals surface area contributed by atoms with Gasteiger partial charge in [0, 0.05) is 0 Å². The van der Waals surface area contributed by atoms with Gasteiger partial charge >= 0.3 is 7.48 Å². The monoisotopic (exact) mass is 159 g/mol. The maximum absolute atomic E-state index is 8.77. The summed E-state index contributed by atoms with van der Waals surface area (Å²) in [4.78, 5) is 7.12. The van der Waals surface area contributed by atoms with Crippen LogP contribution >= 0.6 is 0 Å². The molecule has 4 heteroatoms. The minimum Gasteiger partial charge on any atom is -0.450 e. The maximum Gasteiger partial charge on any atom is 0.322 e. The molecule has 0 aromatic carbocycles. The van der Waals surface area contributed by atoms with Crippen molar-refractivity contribution in [2.24, 2.45) is 0 Å². The van der Waals surface area contributed by atoms with E-state index in [4.69, 9.17) is 5.02 Å². The van der Waals surface area contributed by atoms with E-state index in [2.05, 4.69) is 9.97 Å².